The Hall–Kier alpha value is -0.0800. The van der Waals surface area contributed by atoms with Crippen molar-refractivity contribution in [3.63, 3.8) is 0 Å². The van der Waals surface area contributed by atoms with Crippen LogP contribution >= 0.6 is 0 Å². The molecule has 1 heterocycles. The summed E-state index contributed by atoms with van der Waals surface area (Å²) in [6, 6.07) is 0.600. The zero-order valence-electron chi connectivity index (χ0n) is 7.13. The van der Waals surface area contributed by atoms with E-state index in [0.29, 0.717) is 12.1 Å². The number of ether oxygens (including phenoxy) is 1. The van der Waals surface area contributed by atoms with E-state index in [1.54, 1.807) is 0 Å². The first-order valence-corrected chi connectivity index (χ1v) is 4.06. The minimum atomic E-state index is 0.473. The van der Waals surface area contributed by atoms with Crippen molar-refractivity contribution in [3.8, 4) is 0 Å². The number of rotatable bonds is 1. The molecule has 1 fully saturated rings. The molecule has 0 amide bonds. The Morgan fingerprint density at radius 3 is 2.80 bits per heavy atom. The van der Waals surface area contributed by atoms with Crippen molar-refractivity contribution < 1.29 is 4.74 Å². The number of hydrogen-bond acceptors (Lipinski definition) is 2. The van der Waals surface area contributed by atoms with Gasteiger partial charge in [0.1, 0.15) is 0 Å². The molecule has 1 rings (SSSR count). The quantitative estimate of drug-likeness (QED) is 0.545. The van der Waals surface area contributed by atoms with Crippen LogP contribution in [0.2, 0.25) is 0 Å². The van der Waals surface area contributed by atoms with Gasteiger partial charge in [0.2, 0.25) is 0 Å². The third-order valence-corrected chi connectivity index (χ3v) is 2.27. The van der Waals surface area contributed by atoms with E-state index in [-0.39, 0.29) is 0 Å². The van der Waals surface area contributed by atoms with Gasteiger partial charge in [-0.1, -0.05) is 6.92 Å². The van der Waals surface area contributed by atoms with E-state index in [9.17, 15) is 0 Å². The number of nitrogens with zero attached hydrogens (tertiary/aromatic N) is 1. The van der Waals surface area contributed by atoms with E-state index in [0.717, 1.165) is 19.6 Å². The summed E-state index contributed by atoms with van der Waals surface area (Å²) in [5.74, 6) is 0. The van der Waals surface area contributed by atoms with Crippen LogP contribution in [0.3, 0.4) is 0 Å². The second kappa shape index (κ2) is 3.35. The van der Waals surface area contributed by atoms with Crippen molar-refractivity contribution in [2.45, 2.75) is 32.4 Å². The molecule has 0 bridgehead atoms. The lowest BCUT2D eigenvalue weighted by Gasteiger charge is -2.34. The topological polar surface area (TPSA) is 12.5 Å². The third kappa shape index (κ3) is 1.70. The van der Waals surface area contributed by atoms with Crippen molar-refractivity contribution >= 4 is 0 Å². The van der Waals surface area contributed by atoms with Crippen LogP contribution in [0.4, 0.5) is 0 Å². The van der Waals surface area contributed by atoms with E-state index >= 15 is 0 Å². The number of hydrogen-bond donors (Lipinski definition) is 0. The Kier molecular flexibility index (Phi) is 2.69. The molecule has 10 heavy (non-hydrogen) atoms. The van der Waals surface area contributed by atoms with Crippen molar-refractivity contribution in [1.82, 2.24) is 4.90 Å². The summed E-state index contributed by atoms with van der Waals surface area (Å²) in [5.41, 5.74) is 0. The largest absolute Gasteiger partial charge is 0.375 e. The highest BCUT2D eigenvalue weighted by Gasteiger charge is 2.21. The first kappa shape index (κ1) is 8.02. The molecule has 0 aliphatic carbocycles. The molecule has 1 unspecified atom stereocenters. The smallest absolute Gasteiger partial charge is 0.0700 e. The highest BCUT2D eigenvalue weighted by Crippen LogP contribution is 2.10. The molecule has 0 radical (unpaired) electrons. The van der Waals surface area contributed by atoms with Crippen LogP contribution in [0.15, 0.2) is 0 Å². The molecular weight excluding hydrogens is 126 g/mol. The molecule has 1 saturated heterocycles. The van der Waals surface area contributed by atoms with E-state index < -0.39 is 0 Å². The maximum atomic E-state index is 5.57. The lowest BCUT2D eigenvalue weighted by Crippen LogP contribution is -2.45. The molecule has 0 saturated carbocycles. The van der Waals surface area contributed by atoms with Gasteiger partial charge in [0.05, 0.1) is 12.7 Å². The van der Waals surface area contributed by atoms with Crippen LogP contribution in [0.1, 0.15) is 20.3 Å². The molecule has 2 atom stereocenters. The first-order chi connectivity index (χ1) is 4.74. The second-order valence-corrected chi connectivity index (χ2v) is 3.15. The van der Waals surface area contributed by atoms with Gasteiger partial charge in [0.15, 0.2) is 0 Å². The van der Waals surface area contributed by atoms with E-state index in [2.05, 4.69) is 25.8 Å². The third-order valence-electron chi connectivity index (χ3n) is 2.27. The summed E-state index contributed by atoms with van der Waals surface area (Å²) in [5, 5.41) is 0. The van der Waals surface area contributed by atoms with Crippen LogP contribution in [0.5, 0.6) is 0 Å². The van der Waals surface area contributed by atoms with E-state index in [1.807, 2.05) is 0 Å². The van der Waals surface area contributed by atoms with Crippen molar-refractivity contribution in [2.24, 2.45) is 0 Å². The Morgan fingerprint density at radius 2 is 2.30 bits per heavy atom. The predicted octanol–water partition coefficient (Wildman–Crippen LogP) is 1.12. The predicted molar refractivity (Wildman–Crippen MR) is 42.1 cm³/mol. The van der Waals surface area contributed by atoms with Gasteiger partial charge >= 0.3 is 0 Å². The molecule has 60 valence electrons. The molecule has 0 N–H and O–H groups in total. The maximum absolute atomic E-state index is 5.57. The summed E-state index contributed by atoms with van der Waals surface area (Å²) in [7, 11) is 2.16. The summed E-state index contributed by atoms with van der Waals surface area (Å²) < 4.78 is 5.57. The summed E-state index contributed by atoms with van der Waals surface area (Å²) in [6.45, 7) is 6.37. The molecule has 1 aliphatic heterocycles. The molecule has 2 nitrogen and oxygen atoms in total. The average Bonchev–Trinajstić information content (AvgIpc) is 1.95. The SMILES string of the molecule is CCC1CN(C)[C@H](C)CO1. The van der Waals surface area contributed by atoms with Gasteiger partial charge in [-0.25, -0.2) is 0 Å². The van der Waals surface area contributed by atoms with E-state index in [1.165, 1.54) is 0 Å². The van der Waals surface area contributed by atoms with Gasteiger partial charge in [-0.3, -0.25) is 4.90 Å². The standard InChI is InChI=1S/C8H17NO/c1-4-8-5-9(3)7(2)6-10-8/h7-8H,4-6H2,1-3H3/t7-,8?/m1/s1. The van der Waals surface area contributed by atoms with Gasteiger partial charge in [-0.05, 0) is 20.4 Å². The Labute approximate surface area is 63.2 Å². The monoisotopic (exact) mass is 143 g/mol. The van der Waals surface area contributed by atoms with Gasteiger partial charge < -0.3 is 4.74 Å². The number of likely N-dealkylation sites (N-methyl/N-ethyl adjacent to an activating group) is 1. The van der Waals surface area contributed by atoms with Gasteiger partial charge in [0, 0.05) is 12.6 Å². The molecule has 0 spiro atoms. The Balaban J connectivity index is 2.33. The van der Waals surface area contributed by atoms with Crippen LogP contribution in [-0.2, 0) is 4.74 Å². The number of morpholine rings is 1. The summed E-state index contributed by atoms with van der Waals surface area (Å²) >= 11 is 0. The van der Waals surface area contributed by atoms with Crippen molar-refractivity contribution in [3.05, 3.63) is 0 Å². The fourth-order valence-electron chi connectivity index (χ4n) is 1.20. The van der Waals surface area contributed by atoms with Crippen molar-refractivity contribution in [2.75, 3.05) is 20.2 Å². The highest BCUT2D eigenvalue weighted by atomic mass is 16.5. The second-order valence-electron chi connectivity index (χ2n) is 3.15. The lowest BCUT2D eigenvalue weighted by molar-refractivity contribution is -0.0492. The lowest BCUT2D eigenvalue weighted by atomic mass is 10.2. The molecule has 0 aromatic rings. The normalized spacial score (nSPS) is 36.3. The first-order valence-electron chi connectivity index (χ1n) is 4.06. The van der Waals surface area contributed by atoms with E-state index in [4.69, 9.17) is 4.74 Å². The van der Waals surface area contributed by atoms with Crippen LogP contribution in [0, 0.1) is 0 Å². The summed E-state index contributed by atoms with van der Waals surface area (Å²) in [4.78, 5) is 2.36. The minimum absolute atomic E-state index is 0.473. The van der Waals surface area contributed by atoms with Crippen LogP contribution in [-0.4, -0.2) is 37.2 Å². The maximum Gasteiger partial charge on any atom is 0.0700 e. The zero-order valence-corrected chi connectivity index (χ0v) is 7.13. The molecule has 0 aromatic heterocycles. The van der Waals surface area contributed by atoms with Gasteiger partial charge in [0.25, 0.3) is 0 Å². The fraction of sp³-hybridized carbons (Fsp3) is 1.00. The van der Waals surface area contributed by atoms with Crippen LogP contribution in [0.25, 0.3) is 0 Å². The minimum Gasteiger partial charge on any atom is -0.375 e. The van der Waals surface area contributed by atoms with Gasteiger partial charge in [-0.15, -0.1) is 0 Å². The molecule has 0 aromatic carbocycles. The molecule has 1 aliphatic rings. The Morgan fingerprint density at radius 1 is 1.60 bits per heavy atom. The van der Waals surface area contributed by atoms with Crippen LogP contribution < -0.4 is 0 Å². The van der Waals surface area contributed by atoms with Crippen molar-refractivity contribution in [1.29, 1.82) is 0 Å². The molecular formula is C8H17NO. The highest BCUT2D eigenvalue weighted by molar-refractivity contribution is 4.73. The average molecular weight is 143 g/mol. The zero-order chi connectivity index (χ0) is 7.56. The summed E-state index contributed by atoms with van der Waals surface area (Å²) in [6.07, 6.45) is 1.61. The fourth-order valence-corrected chi connectivity index (χ4v) is 1.20. The Bertz CT molecular complexity index is 105. The molecule has 2 heteroatoms. The van der Waals surface area contributed by atoms with Gasteiger partial charge in [-0.2, -0.15) is 0 Å².